The van der Waals surface area contributed by atoms with Crippen molar-refractivity contribution in [3.05, 3.63) is 86.6 Å². The first-order chi connectivity index (χ1) is 13.8. The van der Waals surface area contributed by atoms with E-state index in [4.69, 9.17) is 4.18 Å². The molecule has 0 saturated carbocycles. The fourth-order valence-corrected chi connectivity index (χ4v) is 4.13. The average Bonchev–Trinajstić information content (AvgIpc) is 3.22. The predicted octanol–water partition coefficient (Wildman–Crippen LogP) is 3.40. The summed E-state index contributed by atoms with van der Waals surface area (Å²) in [5, 5.41) is 15.6. The Morgan fingerprint density at radius 3 is 2.52 bits per heavy atom. The largest absolute Gasteiger partial charge is 0.379 e. The smallest absolute Gasteiger partial charge is 0.339 e. The SMILES string of the molecule is O=C(NCCc1cccs1)c1ccc(OS(=O)(=O)c2cccc([N+](=O)[O-])c2)cc1. The number of nitro benzene ring substituents is 1. The number of amides is 1. The van der Waals surface area contributed by atoms with Gasteiger partial charge in [0.1, 0.15) is 10.6 Å². The van der Waals surface area contributed by atoms with Crippen LogP contribution in [0.25, 0.3) is 0 Å². The molecule has 0 aliphatic rings. The first kappa shape index (κ1) is 20.5. The lowest BCUT2D eigenvalue weighted by Gasteiger charge is -2.08. The van der Waals surface area contributed by atoms with E-state index in [1.807, 2.05) is 17.5 Å². The van der Waals surface area contributed by atoms with Crippen molar-refractivity contribution in [1.29, 1.82) is 0 Å². The zero-order chi connectivity index (χ0) is 20.9. The second-order valence-electron chi connectivity index (χ2n) is 5.90. The van der Waals surface area contributed by atoms with Gasteiger partial charge in [-0.2, -0.15) is 8.42 Å². The van der Waals surface area contributed by atoms with Crippen LogP contribution < -0.4 is 9.50 Å². The van der Waals surface area contributed by atoms with E-state index in [0.29, 0.717) is 12.1 Å². The van der Waals surface area contributed by atoms with Gasteiger partial charge in [-0.1, -0.05) is 12.1 Å². The lowest BCUT2D eigenvalue weighted by Crippen LogP contribution is -2.25. The normalized spacial score (nSPS) is 11.0. The fourth-order valence-electron chi connectivity index (χ4n) is 2.45. The van der Waals surface area contributed by atoms with E-state index in [-0.39, 0.29) is 22.2 Å². The molecular weight excluding hydrogens is 416 g/mol. The Morgan fingerprint density at radius 1 is 1.10 bits per heavy atom. The van der Waals surface area contributed by atoms with Crippen LogP contribution in [0.15, 0.2) is 70.9 Å². The number of benzene rings is 2. The maximum absolute atomic E-state index is 12.3. The van der Waals surface area contributed by atoms with Crippen LogP contribution in [0.3, 0.4) is 0 Å². The Bertz CT molecular complexity index is 1110. The van der Waals surface area contributed by atoms with Gasteiger partial charge in [-0.05, 0) is 48.2 Å². The molecule has 1 heterocycles. The van der Waals surface area contributed by atoms with Gasteiger partial charge >= 0.3 is 10.1 Å². The molecule has 1 N–H and O–H groups in total. The van der Waals surface area contributed by atoms with Crippen molar-refractivity contribution in [3.8, 4) is 5.75 Å². The minimum absolute atomic E-state index is 0.00774. The van der Waals surface area contributed by atoms with E-state index in [1.54, 1.807) is 11.3 Å². The molecule has 1 amide bonds. The van der Waals surface area contributed by atoms with Crippen LogP contribution in [-0.2, 0) is 16.5 Å². The molecule has 10 heteroatoms. The number of nitro groups is 1. The topological polar surface area (TPSA) is 116 Å². The first-order valence-corrected chi connectivity index (χ1v) is 10.7. The highest BCUT2D eigenvalue weighted by Crippen LogP contribution is 2.22. The quantitative estimate of drug-likeness (QED) is 0.331. The molecular formula is C19H16N2O6S2. The molecule has 1 aromatic heterocycles. The van der Waals surface area contributed by atoms with E-state index in [9.17, 15) is 23.3 Å². The number of nitrogens with zero attached hydrogens (tertiary/aromatic N) is 1. The van der Waals surface area contributed by atoms with E-state index in [1.165, 1.54) is 47.3 Å². The summed E-state index contributed by atoms with van der Waals surface area (Å²) in [6.07, 6.45) is 0.728. The Hall–Kier alpha value is -3.24. The van der Waals surface area contributed by atoms with Gasteiger partial charge < -0.3 is 9.50 Å². The van der Waals surface area contributed by atoms with E-state index in [0.717, 1.165) is 12.5 Å². The van der Waals surface area contributed by atoms with Gasteiger partial charge in [-0.15, -0.1) is 11.3 Å². The second kappa shape index (κ2) is 8.84. The average molecular weight is 432 g/mol. The minimum Gasteiger partial charge on any atom is -0.379 e. The molecule has 0 aliphatic heterocycles. The molecule has 0 aliphatic carbocycles. The summed E-state index contributed by atoms with van der Waals surface area (Å²) >= 11 is 1.62. The molecule has 0 spiro atoms. The van der Waals surface area contributed by atoms with Crippen LogP contribution in [0.5, 0.6) is 5.75 Å². The van der Waals surface area contributed by atoms with Crippen LogP contribution in [0, 0.1) is 10.1 Å². The third kappa shape index (κ3) is 5.39. The van der Waals surface area contributed by atoms with Crippen molar-refractivity contribution >= 4 is 33.0 Å². The van der Waals surface area contributed by atoms with Crippen molar-refractivity contribution in [2.24, 2.45) is 0 Å². The Balaban J connectivity index is 1.62. The van der Waals surface area contributed by atoms with Gasteiger partial charge in [0.2, 0.25) is 0 Å². The van der Waals surface area contributed by atoms with Gasteiger partial charge in [0.05, 0.1) is 4.92 Å². The van der Waals surface area contributed by atoms with E-state index in [2.05, 4.69) is 5.32 Å². The summed E-state index contributed by atoms with van der Waals surface area (Å²) in [5.41, 5.74) is 0.000480. The van der Waals surface area contributed by atoms with Gasteiger partial charge in [0, 0.05) is 29.1 Å². The van der Waals surface area contributed by atoms with Gasteiger partial charge in [0.15, 0.2) is 0 Å². The molecule has 0 radical (unpaired) electrons. The van der Waals surface area contributed by atoms with Crippen molar-refractivity contribution in [3.63, 3.8) is 0 Å². The van der Waals surface area contributed by atoms with Crippen LogP contribution in [0.2, 0.25) is 0 Å². The van der Waals surface area contributed by atoms with Crippen LogP contribution in [-0.4, -0.2) is 25.8 Å². The third-order valence-corrected chi connectivity index (χ3v) is 6.06. The molecule has 3 aromatic rings. The maximum atomic E-state index is 12.3. The molecule has 0 fully saturated rings. The van der Waals surface area contributed by atoms with Crippen LogP contribution >= 0.6 is 11.3 Å². The van der Waals surface area contributed by atoms with E-state index >= 15 is 0 Å². The van der Waals surface area contributed by atoms with Gasteiger partial charge in [0.25, 0.3) is 11.6 Å². The summed E-state index contributed by atoms with van der Waals surface area (Å²) in [6.45, 7) is 0.485. The monoisotopic (exact) mass is 432 g/mol. The van der Waals surface area contributed by atoms with Crippen molar-refractivity contribution in [2.75, 3.05) is 6.54 Å². The number of carbonyl (C=O) groups excluding carboxylic acids is 1. The Kier molecular flexibility index (Phi) is 6.25. The second-order valence-corrected chi connectivity index (χ2v) is 8.48. The molecule has 0 unspecified atom stereocenters. The number of non-ortho nitro benzene ring substituents is 1. The summed E-state index contributed by atoms with van der Waals surface area (Å²) < 4.78 is 29.7. The molecule has 0 bridgehead atoms. The molecule has 3 rings (SSSR count). The van der Waals surface area contributed by atoms with Crippen molar-refractivity contribution in [1.82, 2.24) is 5.32 Å². The predicted molar refractivity (Wildman–Crippen MR) is 108 cm³/mol. The zero-order valence-electron chi connectivity index (χ0n) is 15.0. The van der Waals surface area contributed by atoms with Gasteiger partial charge in [-0.25, -0.2) is 0 Å². The highest BCUT2D eigenvalue weighted by molar-refractivity contribution is 7.87. The third-order valence-electron chi connectivity index (χ3n) is 3.88. The fraction of sp³-hybridized carbons (Fsp3) is 0.105. The number of thiophene rings is 1. The summed E-state index contributed by atoms with van der Waals surface area (Å²) in [4.78, 5) is 23.1. The number of hydrogen-bond acceptors (Lipinski definition) is 7. The van der Waals surface area contributed by atoms with Crippen molar-refractivity contribution < 1.29 is 22.3 Å². The highest BCUT2D eigenvalue weighted by atomic mass is 32.2. The molecule has 8 nitrogen and oxygen atoms in total. The van der Waals surface area contributed by atoms with Crippen LogP contribution in [0.1, 0.15) is 15.2 Å². The molecule has 2 aromatic carbocycles. The van der Waals surface area contributed by atoms with E-state index < -0.39 is 15.0 Å². The maximum Gasteiger partial charge on any atom is 0.339 e. The lowest BCUT2D eigenvalue weighted by molar-refractivity contribution is -0.385. The minimum atomic E-state index is -4.25. The molecule has 29 heavy (non-hydrogen) atoms. The Morgan fingerprint density at radius 2 is 1.86 bits per heavy atom. The standard InChI is InChI=1S/C19H16N2O6S2/c22-19(20-11-10-17-4-2-12-28-17)14-6-8-16(9-7-14)27-29(25,26)18-5-1-3-15(13-18)21(23)24/h1-9,12-13H,10-11H2,(H,20,22). The number of nitrogens with one attached hydrogen (secondary N) is 1. The zero-order valence-corrected chi connectivity index (χ0v) is 16.6. The first-order valence-electron chi connectivity index (χ1n) is 8.45. The molecule has 150 valence electrons. The molecule has 0 saturated heterocycles. The van der Waals surface area contributed by atoms with Crippen molar-refractivity contribution in [2.45, 2.75) is 11.3 Å². The van der Waals surface area contributed by atoms with Crippen LogP contribution in [0.4, 0.5) is 5.69 Å². The summed E-state index contributed by atoms with van der Waals surface area (Å²) in [5.74, 6) is -0.290. The lowest BCUT2D eigenvalue weighted by atomic mass is 10.2. The summed E-state index contributed by atoms with van der Waals surface area (Å²) in [7, 11) is -4.25. The number of hydrogen-bond donors (Lipinski definition) is 1. The highest BCUT2D eigenvalue weighted by Gasteiger charge is 2.20. The van der Waals surface area contributed by atoms with Gasteiger partial charge in [-0.3, -0.25) is 14.9 Å². The number of rotatable bonds is 8. The number of carbonyl (C=O) groups is 1. The summed E-state index contributed by atoms with van der Waals surface area (Å²) in [6, 6.07) is 14.1. The molecule has 0 atom stereocenters. The Labute approximate surface area is 171 Å².